The molecule has 0 fully saturated rings. The van der Waals surface area contributed by atoms with E-state index in [1.54, 1.807) is 36.1 Å². The zero-order valence-corrected chi connectivity index (χ0v) is 16.9. The van der Waals surface area contributed by atoms with Gasteiger partial charge in [0.2, 0.25) is 5.91 Å². The average molecular weight is 401 g/mol. The number of rotatable bonds is 4. The Balaban J connectivity index is 1.72. The van der Waals surface area contributed by atoms with E-state index < -0.39 is 5.97 Å². The third-order valence-electron chi connectivity index (χ3n) is 5.41. The smallest absolute Gasteiger partial charge is 0.335 e. The van der Waals surface area contributed by atoms with Crippen LogP contribution in [0.5, 0.6) is 0 Å². The van der Waals surface area contributed by atoms with Crippen LogP contribution in [-0.4, -0.2) is 28.5 Å². The van der Waals surface area contributed by atoms with E-state index in [-0.39, 0.29) is 17.5 Å². The third-order valence-corrected chi connectivity index (χ3v) is 5.41. The van der Waals surface area contributed by atoms with Gasteiger partial charge in [0.15, 0.2) is 0 Å². The lowest BCUT2D eigenvalue weighted by molar-refractivity contribution is -0.116. The van der Waals surface area contributed by atoms with Crippen LogP contribution < -0.4 is 10.2 Å². The van der Waals surface area contributed by atoms with Gasteiger partial charge in [-0.1, -0.05) is 24.3 Å². The molecule has 6 heteroatoms. The SMILES string of the molecule is CC(=O)N1CCC(Nc2ccc(C)cn2)c2cc(-c3ccc(C(=O)O)cc3)ccc21. The molecule has 1 aliphatic rings. The van der Waals surface area contributed by atoms with Crippen LogP contribution in [0.1, 0.15) is 40.9 Å². The molecule has 0 saturated heterocycles. The number of nitrogens with zero attached hydrogens (tertiary/aromatic N) is 2. The summed E-state index contributed by atoms with van der Waals surface area (Å²) < 4.78 is 0. The van der Waals surface area contributed by atoms with E-state index in [4.69, 9.17) is 5.11 Å². The summed E-state index contributed by atoms with van der Waals surface area (Å²) in [6, 6.07) is 16.8. The number of nitrogens with one attached hydrogen (secondary N) is 1. The average Bonchev–Trinajstić information content (AvgIpc) is 2.75. The van der Waals surface area contributed by atoms with Crippen molar-refractivity contribution in [2.75, 3.05) is 16.8 Å². The molecular weight excluding hydrogens is 378 g/mol. The summed E-state index contributed by atoms with van der Waals surface area (Å²) in [7, 11) is 0. The van der Waals surface area contributed by atoms with Gasteiger partial charge in [-0.15, -0.1) is 0 Å². The molecule has 1 unspecified atom stereocenters. The van der Waals surface area contributed by atoms with Gasteiger partial charge in [-0.2, -0.15) is 0 Å². The number of hydrogen-bond donors (Lipinski definition) is 2. The molecule has 1 aromatic heterocycles. The molecule has 2 aromatic carbocycles. The first-order valence-electron chi connectivity index (χ1n) is 9.87. The second-order valence-corrected chi connectivity index (χ2v) is 7.53. The number of aromatic nitrogens is 1. The van der Waals surface area contributed by atoms with Gasteiger partial charge in [0.25, 0.3) is 0 Å². The van der Waals surface area contributed by atoms with Crippen molar-refractivity contribution in [3.8, 4) is 11.1 Å². The van der Waals surface area contributed by atoms with E-state index in [2.05, 4.69) is 16.4 Å². The Morgan fingerprint density at radius 1 is 1.07 bits per heavy atom. The van der Waals surface area contributed by atoms with Crippen molar-refractivity contribution < 1.29 is 14.7 Å². The van der Waals surface area contributed by atoms with Crippen LogP contribution >= 0.6 is 0 Å². The number of carboxylic acid groups (broad SMARTS) is 1. The summed E-state index contributed by atoms with van der Waals surface area (Å²) >= 11 is 0. The third kappa shape index (κ3) is 3.89. The Hall–Kier alpha value is -3.67. The first kappa shape index (κ1) is 19.6. The number of aromatic carboxylic acids is 1. The van der Waals surface area contributed by atoms with Crippen molar-refractivity contribution >= 4 is 23.4 Å². The number of pyridine rings is 1. The maximum Gasteiger partial charge on any atom is 0.335 e. The Morgan fingerprint density at radius 3 is 2.43 bits per heavy atom. The summed E-state index contributed by atoms with van der Waals surface area (Å²) in [5.74, 6) is -0.135. The standard InChI is InChI=1S/C24H23N3O3/c1-15-3-10-23(25-14-15)26-21-11-12-27(16(2)28)22-9-8-19(13-20(21)22)17-4-6-18(7-5-17)24(29)30/h3-10,13-14,21H,11-12H2,1-2H3,(H,25,26)(H,29,30). The fourth-order valence-corrected chi connectivity index (χ4v) is 3.81. The minimum absolute atomic E-state index is 0.0155. The zero-order valence-electron chi connectivity index (χ0n) is 16.9. The fourth-order valence-electron chi connectivity index (χ4n) is 3.81. The molecule has 3 aromatic rings. The normalized spacial score (nSPS) is 15.4. The maximum atomic E-state index is 12.2. The molecule has 0 radical (unpaired) electrons. The van der Waals surface area contributed by atoms with Gasteiger partial charge in [0.1, 0.15) is 5.82 Å². The van der Waals surface area contributed by atoms with E-state index in [0.29, 0.717) is 6.54 Å². The van der Waals surface area contributed by atoms with Crippen molar-refractivity contribution in [3.05, 3.63) is 77.5 Å². The van der Waals surface area contributed by atoms with Crippen LogP contribution in [-0.2, 0) is 4.79 Å². The largest absolute Gasteiger partial charge is 0.478 e. The molecule has 4 rings (SSSR count). The van der Waals surface area contributed by atoms with Gasteiger partial charge in [-0.05, 0) is 65.9 Å². The quantitative estimate of drug-likeness (QED) is 0.664. The Kier molecular flexibility index (Phi) is 5.23. The summed E-state index contributed by atoms with van der Waals surface area (Å²) in [4.78, 5) is 29.5. The lowest BCUT2D eigenvalue weighted by Crippen LogP contribution is -2.36. The first-order valence-corrected chi connectivity index (χ1v) is 9.87. The summed E-state index contributed by atoms with van der Waals surface area (Å²) in [5.41, 5.74) is 5.17. The summed E-state index contributed by atoms with van der Waals surface area (Å²) in [5, 5.41) is 12.6. The number of amides is 1. The van der Waals surface area contributed by atoms with Crippen molar-refractivity contribution in [1.82, 2.24) is 4.98 Å². The van der Waals surface area contributed by atoms with Crippen LogP contribution in [0.4, 0.5) is 11.5 Å². The molecule has 1 aliphatic heterocycles. The highest BCUT2D eigenvalue weighted by molar-refractivity contribution is 5.94. The minimum Gasteiger partial charge on any atom is -0.478 e. The maximum absolute atomic E-state index is 12.2. The number of hydrogen-bond acceptors (Lipinski definition) is 4. The Labute approximate surface area is 175 Å². The Morgan fingerprint density at radius 2 is 1.80 bits per heavy atom. The molecule has 0 saturated carbocycles. The van der Waals surface area contributed by atoms with E-state index in [0.717, 1.165) is 40.2 Å². The van der Waals surface area contributed by atoms with Crippen LogP contribution in [0, 0.1) is 6.92 Å². The molecule has 30 heavy (non-hydrogen) atoms. The predicted molar refractivity (Wildman–Crippen MR) is 117 cm³/mol. The molecule has 0 bridgehead atoms. The fraction of sp³-hybridized carbons (Fsp3) is 0.208. The van der Waals surface area contributed by atoms with Crippen molar-refractivity contribution in [2.24, 2.45) is 0 Å². The van der Waals surface area contributed by atoms with Gasteiger partial charge in [-0.25, -0.2) is 9.78 Å². The molecule has 2 heterocycles. The molecule has 0 spiro atoms. The highest BCUT2D eigenvalue weighted by Crippen LogP contribution is 2.38. The van der Waals surface area contributed by atoms with Crippen LogP contribution in [0.2, 0.25) is 0 Å². The van der Waals surface area contributed by atoms with Gasteiger partial charge < -0.3 is 15.3 Å². The molecule has 152 valence electrons. The molecule has 2 N–H and O–H groups in total. The highest BCUT2D eigenvalue weighted by Gasteiger charge is 2.27. The summed E-state index contributed by atoms with van der Waals surface area (Å²) in [6.45, 7) is 4.22. The monoisotopic (exact) mass is 401 g/mol. The number of carboxylic acids is 1. The van der Waals surface area contributed by atoms with E-state index in [1.807, 2.05) is 37.4 Å². The van der Waals surface area contributed by atoms with E-state index >= 15 is 0 Å². The van der Waals surface area contributed by atoms with Gasteiger partial charge in [0, 0.05) is 25.4 Å². The highest BCUT2D eigenvalue weighted by atomic mass is 16.4. The molecule has 0 aliphatic carbocycles. The van der Waals surface area contributed by atoms with E-state index in [9.17, 15) is 9.59 Å². The number of anilines is 2. The summed E-state index contributed by atoms with van der Waals surface area (Å²) in [6.07, 6.45) is 2.60. The number of benzene rings is 2. The lowest BCUT2D eigenvalue weighted by Gasteiger charge is -2.35. The van der Waals surface area contributed by atoms with Crippen LogP contribution in [0.25, 0.3) is 11.1 Å². The second-order valence-electron chi connectivity index (χ2n) is 7.53. The molecule has 1 amide bonds. The van der Waals surface area contributed by atoms with Crippen molar-refractivity contribution in [3.63, 3.8) is 0 Å². The molecular formula is C24H23N3O3. The molecule has 1 atom stereocenters. The van der Waals surface area contributed by atoms with Crippen LogP contribution in [0.15, 0.2) is 60.8 Å². The van der Waals surface area contributed by atoms with E-state index in [1.165, 1.54) is 0 Å². The lowest BCUT2D eigenvalue weighted by atomic mass is 9.92. The topological polar surface area (TPSA) is 82.5 Å². The second kappa shape index (κ2) is 7.99. The number of carbonyl (C=O) groups excluding carboxylic acids is 1. The Bertz CT molecular complexity index is 1090. The predicted octanol–water partition coefficient (Wildman–Crippen LogP) is 4.67. The van der Waals surface area contributed by atoms with Crippen molar-refractivity contribution in [2.45, 2.75) is 26.3 Å². The van der Waals surface area contributed by atoms with Crippen molar-refractivity contribution in [1.29, 1.82) is 0 Å². The minimum atomic E-state index is -0.945. The van der Waals surface area contributed by atoms with Gasteiger partial charge >= 0.3 is 5.97 Å². The first-order chi connectivity index (χ1) is 14.4. The number of fused-ring (bicyclic) bond motifs is 1. The number of carbonyl (C=O) groups is 2. The zero-order chi connectivity index (χ0) is 21.3. The van der Waals surface area contributed by atoms with Crippen LogP contribution in [0.3, 0.4) is 0 Å². The van der Waals surface area contributed by atoms with Gasteiger partial charge in [-0.3, -0.25) is 4.79 Å². The molecule has 6 nitrogen and oxygen atoms in total. The van der Waals surface area contributed by atoms with Gasteiger partial charge in [0.05, 0.1) is 11.6 Å². The number of aryl methyl sites for hydroxylation is 1.